The third-order valence-corrected chi connectivity index (χ3v) is 1.84. The second-order valence-corrected chi connectivity index (χ2v) is 2.81. The van der Waals surface area contributed by atoms with Crippen LogP contribution in [0.25, 0.3) is 5.57 Å². The molecule has 0 spiro atoms. The molecule has 1 N–H and O–H groups in total. The first-order chi connectivity index (χ1) is 5.84. The second kappa shape index (κ2) is 4.73. The van der Waals surface area contributed by atoms with Crippen molar-refractivity contribution < 1.29 is 0 Å². The van der Waals surface area contributed by atoms with Gasteiger partial charge in [-0.05, 0) is 25.1 Å². The standard InChI is InChI=1S/C11H15N/c1-10(8-9-12-2)11-6-4-3-5-7-11/h3-8,12H,9H2,1-2H3/b10-8-. The van der Waals surface area contributed by atoms with Crippen LogP contribution in [0.3, 0.4) is 0 Å². The fourth-order valence-electron chi connectivity index (χ4n) is 1.07. The van der Waals surface area contributed by atoms with E-state index in [4.69, 9.17) is 0 Å². The summed E-state index contributed by atoms with van der Waals surface area (Å²) in [6.07, 6.45) is 2.19. The van der Waals surface area contributed by atoms with E-state index in [0.29, 0.717) is 0 Å². The molecular formula is C11H15N. The minimum absolute atomic E-state index is 0.931. The van der Waals surface area contributed by atoms with Gasteiger partial charge in [-0.1, -0.05) is 36.4 Å². The number of allylic oxidation sites excluding steroid dienone is 1. The van der Waals surface area contributed by atoms with Crippen LogP contribution in [-0.4, -0.2) is 13.6 Å². The highest BCUT2D eigenvalue weighted by atomic mass is 14.8. The summed E-state index contributed by atoms with van der Waals surface area (Å²) >= 11 is 0. The lowest BCUT2D eigenvalue weighted by molar-refractivity contribution is 0.920. The average molecular weight is 161 g/mol. The molecule has 1 rings (SSSR count). The number of benzene rings is 1. The molecule has 0 heterocycles. The number of likely N-dealkylation sites (N-methyl/N-ethyl adjacent to an activating group) is 1. The van der Waals surface area contributed by atoms with Crippen molar-refractivity contribution in [3.63, 3.8) is 0 Å². The maximum Gasteiger partial charge on any atom is 0.0137 e. The Morgan fingerprint density at radius 2 is 2.00 bits per heavy atom. The molecule has 0 unspecified atom stereocenters. The van der Waals surface area contributed by atoms with Crippen LogP contribution in [0.15, 0.2) is 36.4 Å². The molecule has 12 heavy (non-hydrogen) atoms. The van der Waals surface area contributed by atoms with Crippen molar-refractivity contribution in [2.45, 2.75) is 6.92 Å². The first-order valence-electron chi connectivity index (χ1n) is 4.21. The van der Waals surface area contributed by atoms with Crippen LogP contribution in [0, 0.1) is 0 Å². The Morgan fingerprint density at radius 1 is 1.33 bits per heavy atom. The first kappa shape index (κ1) is 9.01. The van der Waals surface area contributed by atoms with Crippen molar-refractivity contribution in [1.29, 1.82) is 0 Å². The van der Waals surface area contributed by atoms with E-state index in [9.17, 15) is 0 Å². The SMILES string of the molecule is CNC/C=C(/C)c1ccccc1. The van der Waals surface area contributed by atoms with Crippen molar-refractivity contribution in [3.8, 4) is 0 Å². The minimum atomic E-state index is 0.931. The van der Waals surface area contributed by atoms with Crippen LogP contribution in [0.2, 0.25) is 0 Å². The minimum Gasteiger partial charge on any atom is -0.316 e. The molecule has 0 fully saturated rings. The Kier molecular flexibility index (Phi) is 3.55. The highest BCUT2D eigenvalue weighted by molar-refractivity contribution is 5.63. The van der Waals surface area contributed by atoms with Crippen LogP contribution in [0.4, 0.5) is 0 Å². The number of hydrogen-bond acceptors (Lipinski definition) is 1. The molecule has 0 saturated heterocycles. The smallest absolute Gasteiger partial charge is 0.0137 e. The van der Waals surface area contributed by atoms with Gasteiger partial charge in [0.1, 0.15) is 0 Å². The molecule has 64 valence electrons. The summed E-state index contributed by atoms with van der Waals surface area (Å²) in [7, 11) is 1.95. The lowest BCUT2D eigenvalue weighted by atomic mass is 10.1. The molecule has 0 amide bonds. The Morgan fingerprint density at radius 3 is 2.58 bits per heavy atom. The van der Waals surface area contributed by atoms with Crippen molar-refractivity contribution in [3.05, 3.63) is 42.0 Å². The van der Waals surface area contributed by atoms with E-state index in [-0.39, 0.29) is 0 Å². The number of rotatable bonds is 3. The maximum atomic E-state index is 3.09. The molecule has 0 bridgehead atoms. The fraction of sp³-hybridized carbons (Fsp3) is 0.273. The summed E-state index contributed by atoms with van der Waals surface area (Å²) in [5.74, 6) is 0. The Bertz CT molecular complexity index is 249. The molecular weight excluding hydrogens is 146 g/mol. The van der Waals surface area contributed by atoms with Crippen molar-refractivity contribution in [1.82, 2.24) is 5.32 Å². The lowest BCUT2D eigenvalue weighted by Crippen LogP contribution is -2.04. The summed E-state index contributed by atoms with van der Waals surface area (Å²) in [4.78, 5) is 0. The summed E-state index contributed by atoms with van der Waals surface area (Å²) < 4.78 is 0. The largest absolute Gasteiger partial charge is 0.316 e. The van der Waals surface area contributed by atoms with Gasteiger partial charge in [0.2, 0.25) is 0 Å². The molecule has 0 aromatic heterocycles. The van der Waals surface area contributed by atoms with Crippen LogP contribution >= 0.6 is 0 Å². The van der Waals surface area contributed by atoms with E-state index in [1.807, 2.05) is 13.1 Å². The molecule has 0 saturated carbocycles. The quantitative estimate of drug-likeness (QED) is 0.717. The van der Waals surface area contributed by atoms with Crippen LogP contribution in [0.1, 0.15) is 12.5 Å². The Hall–Kier alpha value is -1.08. The van der Waals surface area contributed by atoms with Gasteiger partial charge in [-0.25, -0.2) is 0 Å². The van der Waals surface area contributed by atoms with E-state index in [1.165, 1.54) is 11.1 Å². The molecule has 1 aromatic rings. The highest BCUT2D eigenvalue weighted by Crippen LogP contribution is 2.11. The normalized spacial score (nSPS) is 11.7. The number of hydrogen-bond donors (Lipinski definition) is 1. The van der Waals surface area contributed by atoms with Gasteiger partial charge in [0, 0.05) is 6.54 Å². The Balaban J connectivity index is 2.71. The zero-order valence-corrected chi connectivity index (χ0v) is 7.67. The highest BCUT2D eigenvalue weighted by Gasteiger charge is 1.90. The predicted octanol–water partition coefficient (Wildman–Crippen LogP) is 2.31. The second-order valence-electron chi connectivity index (χ2n) is 2.81. The molecule has 0 aliphatic carbocycles. The topological polar surface area (TPSA) is 12.0 Å². The monoisotopic (exact) mass is 161 g/mol. The van der Waals surface area contributed by atoms with Gasteiger partial charge < -0.3 is 5.32 Å². The van der Waals surface area contributed by atoms with Gasteiger partial charge in [-0.2, -0.15) is 0 Å². The van der Waals surface area contributed by atoms with Gasteiger partial charge in [0.15, 0.2) is 0 Å². The maximum absolute atomic E-state index is 3.09. The van der Waals surface area contributed by atoms with Crippen molar-refractivity contribution >= 4 is 5.57 Å². The molecule has 1 nitrogen and oxygen atoms in total. The predicted molar refractivity (Wildman–Crippen MR) is 54.0 cm³/mol. The molecule has 0 aliphatic heterocycles. The van der Waals surface area contributed by atoms with E-state index in [2.05, 4.69) is 42.6 Å². The van der Waals surface area contributed by atoms with Gasteiger partial charge in [-0.15, -0.1) is 0 Å². The van der Waals surface area contributed by atoms with E-state index >= 15 is 0 Å². The van der Waals surface area contributed by atoms with Crippen molar-refractivity contribution in [2.24, 2.45) is 0 Å². The molecule has 0 aliphatic rings. The lowest BCUT2D eigenvalue weighted by Gasteiger charge is -2.00. The third kappa shape index (κ3) is 2.51. The zero-order valence-electron chi connectivity index (χ0n) is 7.67. The zero-order chi connectivity index (χ0) is 8.81. The molecule has 0 atom stereocenters. The van der Waals surface area contributed by atoms with E-state index in [0.717, 1.165) is 6.54 Å². The van der Waals surface area contributed by atoms with E-state index in [1.54, 1.807) is 0 Å². The summed E-state index contributed by atoms with van der Waals surface area (Å²) in [6.45, 7) is 3.06. The van der Waals surface area contributed by atoms with E-state index < -0.39 is 0 Å². The van der Waals surface area contributed by atoms with Crippen LogP contribution in [0.5, 0.6) is 0 Å². The summed E-state index contributed by atoms with van der Waals surface area (Å²) in [5, 5.41) is 3.09. The molecule has 1 heteroatoms. The van der Waals surface area contributed by atoms with Gasteiger partial charge in [-0.3, -0.25) is 0 Å². The van der Waals surface area contributed by atoms with Gasteiger partial charge >= 0.3 is 0 Å². The fourth-order valence-corrected chi connectivity index (χ4v) is 1.07. The molecule has 0 radical (unpaired) electrons. The average Bonchev–Trinajstić information content (AvgIpc) is 2.15. The van der Waals surface area contributed by atoms with Crippen molar-refractivity contribution in [2.75, 3.05) is 13.6 Å². The van der Waals surface area contributed by atoms with Gasteiger partial charge in [0.25, 0.3) is 0 Å². The van der Waals surface area contributed by atoms with Crippen LogP contribution in [-0.2, 0) is 0 Å². The Labute approximate surface area is 74.1 Å². The number of nitrogens with one attached hydrogen (secondary N) is 1. The van der Waals surface area contributed by atoms with Crippen LogP contribution < -0.4 is 5.32 Å². The van der Waals surface area contributed by atoms with Gasteiger partial charge in [0.05, 0.1) is 0 Å². The summed E-state index contributed by atoms with van der Waals surface area (Å²) in [6, 6.07) is 10.4. The summed E-state index contributed by atoms with van der Waals surface area (Å²) in [5.41, 5.74) is 2.62. The third-order valence-electron chi connectivity index (χ3n) is 1.84. The first-order valence-corrected chi connectivity index (χ1v) is 4.21. The molecule has 1 aromatic carbocycles.